The van der Waals surface area contributed by atoms with Crippen LogP contribution in [0.1, 0.15) is 29.7 Å². The van der Waals surface area contributed by atoms with Gasteiger partial charge in [0.05, 0.1) is 11.4 Å². The van der Waals surface area contributed by atoms with E-state index in [-0.39, 0.29) is 0 Å². The van der Waals surface area contributed by atoms with Gasteiger partial charge in [-0.1, -0.05) is 17.3 Å². The van der Waals surface area contributed by atoms with Gasteiger partial charge >= 0.3 is 0 Å². The Morgan fingerprint density at radius 2 is 2.14 bits per heavy atom. The highest BCUT2D eigenvalue weighted by atomic mass is 32.1. The summed E-state index contributed by atoms with van der Waals surface area (Å²) >= 11 is 3.46. The fourth-order valence-electron chi connectivity index (χ4n) is 2.82. The molecule has 1 fully saturated rings. The molecular formula is C15H15N3OS2. The summed E-state index contributed by atoms with van der Waals surface area (Å²) in [5.41, 5.74) is 0. The van der Waals surface area contributed by atoms with Crippen LogP contribution in [0.2, 0.25) is 0 Å². The average Bonchev–Trinajstić information content (AvgIpc) is 3.28. The molecule has 3 aromatic heterocycles. The van der Waals surface area contributed by atoms with E-state index in [0.717, 1.165) is 18.0 Å². The van der Waals surface area contributed by atoms with E-state index in [2.05, 4.69) is 32.6 Å². The van der Waals surface area contributed by atoms with Gasteiger partial charge in [-0.3, -0.25) is 4.90 Å². The Morgan fingerprint density at radius 1 is 1.24 bits per heavy atom. The van der Waals surface area contributed by atoms with E-state index in [1.54, 1.807) is 11.3 Å². The van der Waals surface area contributed by atoms with Crippen LogP contribution in [0.15, 0.2) is 39.5 Å². The Hall–Kier alpha value is -1.50. The Morgan fingerprint density at radius 3 is 2.95 bits per heavy atom. The molecule has 0 amide bonds. The molecular weight excluding hydrogens is 302 g/mol. The number of aromatic nitrogens is 2. The summed E-state index contributed by atoms with van der Waals surface area (Å²) in [5, 5.41) is 8.26. The van der Waals surface area contributed by atoms with E-state index in [0.29, 0.717) is 17.8 Å². The van der Waals surface area contributed by atoms with Gasteiger partial charge in [0.1, 0.15) is 0 Å². The number of nitrogens with zero attached hydrogens (tertiary/aromatic N) is 3. The minimum absolute atomic E-state index is 0.502. The maximum atomic E-state index is 5.42. The lowest BCUT2D eigenvalue weighted by Crippen LogP contribution is -2.22. The van der Waals surface area contributed by atoms with Gasteiger partial charge in [0.25, 0.3) is 0 Å². The molecule has 4 rings (SSSR count). The van der Waals surface area contributed by atoms with Crippen molar-refractivity contribution in [2.75, 3.05) is 6.54 Å². The summed E-state index contributed by atoms with van der Waals surface area (Å²) in [6.07, 6.45) is 2.45. The smallest absolute Gasteiger partial charge is 0.241 e. The van der Waals surface area contributed by atoms with Crippen LogP contribution < -0.4 is 0 Å². The Kier molecular flexibility index (Phi) is 3.58. The van der Waals surface area contributed by atoms with Gasteiger partial charge in [-0.2, -0.15) is 4.98 Å². The third-order valence-electron chi connectivity index (χ3n) is 3.78. The van der Waals surface area contributed by atoms with Gasteiger partial charge in [0, 0.05) is 10.9 Å². The van der Waals surface area contributed by atoms with Crippen molar-refractivity contribution in [2.24, 2.45) is 0 Å². The fourth-order valence-corrected chi connectivity index (χ4v) is 4.36. The van der Waals surface area contributed by atoms with Crippen molar-refractivity contribution < 1.29 is 4.52 Å². The zero-order chi connectivity index (χ0) is 14.1. The molecule has 3 aromatic rings. The van der Waals surface area contributed by atoms with Crippen molar-refractivity contribution in [2.45, 2.75) is 25.4 Å². The normalized spacial score (nSPS) is 19.3. The van der Waals surface area contributed by atoms with Crippen molar-refractivity contribution in [3.05, 3.63) is 45.8 Å². The van der Waals surface area contributed by atoms with Crippen molar-refractivity contribution in [3.8, 4) is 10.7 Å². The van der Waals surface area contributed by atoms with Crippen LogP contribution in [0.5, 0.6) is 0 Å². The molecule has 1 aliphatic rings. The lowest BCUT2D eigenvalue weighted by Gasteiger charge is -2.21. The van der Waals surface area contributed by atoms with Gasteiger partial charge < -0.3 is 4.52 Å². The first kappa shape index (κ1) is 13.2. The number of rotatable bonds is 4. The molecule has 0 saturated carbocycles. The largest absolute Gasteiger partial charge is 0.338 e. The average molecular weight is 317 g/mol. The first-order valence-electron chi connectivity index (χ1n) is 7.04. The molecule has 108 valence electrons. The van der Waals surface area contributed by atoms with Crippen LogP contribution in [0.4, 0.5) is 0 Å². The second-order valence-electron chi connectivity index (χ2n) is 5.13. The summed E-state index contributed by atoms with van der Waals surface area (Å²) in [5.74, 6) is 1.41. The standard InChI is InChI=1S/C15H15N3OS2/c1-4-11(12-5-2-8-20-12)18(7-1)10-14-16-15(17-19-14)13-6-3-9-21-13/h2-3,5-6,8-9,11H,1,4,7,10H2. The minimum atomic E-state index is 0.502. The summed E-state index contributed by atoms with van der Waals surface area (Å²) in [4.78, 5) is 9.46. The van der Waals surface area contributed by atoms with Crippen molar-refractivity contribution >= 4 is 22.7 Å². The molecule has 1 saturated heterocycles. The topological polar surface area (TPSA) is 42.2 Å². The maximum absolute atomic E-state index is 5.42. The van der Waals surface area contributed by atoms with E-state index in [4.69, 9.17) is 4.52 Å². The molecule has 4 heterocycles. The predicted molar refractivity (Wildman–Crippen MR) is 84.3 cm³/mol. The first-order valence-corrected chi connectivity index (χ1v) is 8.80. The van der Waals surface area contributed by atoms with E-state index in [9.17, 15) is 0 Å². The molecule has 0 bridgehead atoms. The Balaban J connectivity index is 1.51. The number of thiophene rings is 2. The van der Waals surface area contributed by atoms with Gasteiger partial charge in [0.15, 0.2) is 0 Å². The SMILES string of the molecule is c1csc(-c2noc(CN3CCCC3c3cccs3)n2)c1. The van der Waals surface area contributed by atoms with Crippen LogP contribution in [0, 0.1) is 0 Å². The molecule has 21 heavy (non-hydrogen) atoms. The lowest BCUT2D eigenvalue weighted by atomic mass is 10.2. The van der Waals surface area contributed by atoms with Crippen LogP contribution in [-0.2, 0) is 6.54 Å². The van der Waals surface area contributed by atoms with Crippen molar-refractivity contribution in [1.82, 2.24) is 15.0 Å². The molecule has 0 spiro atoms. The third-order valence-corrected chi connectivity index (χ3v) is 5.62. The number of likely N-dealkylation sites (tertiary alicyclic amines) is 1. The second kappa shape index (κ2) is 5.71. The van der Waals surface area contributed by atoms with E-state index in [1.807, 2.05) is 28.8 Å². The molecule has 0 aromatic carbocycles. The molecule has 6 heteroatoms. The molecule has 1 atom stereocenters. The quantitative estimate of drug-likeness (QED) is 0.723. The van der Waals surface area contributed by atoms with Crippen LogP contribution in [0.25, 0.3) is 10.7 Å². The molecule has 4 nitrogen and oxygen atoms in total. The second-order valence-corrected chi connectivity index (χ2v) is 7.06. The van der Waals surface area contributed by atoms with Crippen LogP contribution in [-0.4, -0.2) is 21.6 Å². The van der Waals surface area contributed by atoms with Crippen LogP contribution >= 0.6 is 22.7 Å². The van der Waals surface area contributed by atoms with Gasteiger partial charge in [0.2, 0.25) is 11.7 Å². The Bertz CT molecular complexity index is 690. The molecule has 0 aliphatic carbocycles. The highest BCUT2D eigenvalue weighted by Gasteiger charge is 2.28. The number of hydrogen-bond acceptors (Lipinski definition) is 6. The molecule has 0 radical (unpaired) electrons. The maximum Gasteiger partial charge on any atom is 0.241 e. The highest BCUT2D eigenvalue weighted by molar-refractivity contribution is 7.13. The molecule has 1 unspecified atom stereocenters. The third kappa shape index (κ3) is 2.66. The fraction of sp³-hybridized carbons (Fsp3) is 0.333. The van der Waals surface area contributed by atoms with Crippen molar-refractivity contribution in [1.29, 1.82) is 0 Å². The minimum Gasteiger partial charge on any atom is -0.338 e. The van der Waals surface area contributed by atoms with Crippen molar-refractivity contribution in [3.63, 3.8) is 0 Å². The number of hydrogen-bond donors (Lipinski definition) is 0. The lowest BCUT2D eigenvalue weighted by molar-refractivity contribution is 0.214. The van der Waals surface area contributed by atoms with Crippen LogP contribution in [0.3, 0.4) is 0 Å². The zero-order valence-electron chi connectivity index (χ0n) is 11.4. The highest BCUT2D eigenvalue weighted by Crippen LogP contribution is 2.35. The summed E-state index contributed by atoms with van der Waals surface area (Å²) in [7, 11) is 0. The molecule has 0 N–H and O–H groups in total. The van der Waals surface area contributed by atoms with Gasteiger partial charge in [-0.15, -0.1) is 22.7 Å². The van der Waals surface area contributed by atoms with E-state index < -0.39 is 0 Å². The summed E-state index contributed by atoms with van der Waals surface area (Å²) in [6.45, 7) is 1.83. The summed E-state index contributed by atoms with van der Waals surface area (Å²) in [6, 6.07) is 8.87. The van der Waals surface area contributed by atoms with Gasteiger partial charge in [-0.05, 0) is 42.3 Å². The van der Waals surface area contributed by atoms with Gasteiger partial charge in [-0.25, -0.2) is 0 Å². The Labute approximate surface area is 131 Å². The van der Waals surface area contributed by atoms with E-state index in [1.165, 1.54) is 17.7 Å². The first-order chi connectivity index (χ1) is 10.4. The predicted octanol–water partition coefficient (Wildman–Crippen LogP) is 4.20. The molecule has 1 aliphatic heterocycles. The zero-order valence-corrected chi connectivity index (χ0v) is 13.1. The van der Waals surface area contributed by atoms with E-state index >= 15 is 0 Å². The monoisotopic (exact) mass is 317 g/mol. The summed E-state index contributed by atoms with van der Waals surface area (Å²) < 4.78 is 5.42.